The monoisotopic (exact) mass is 261 g/mol. The van der Waals surface area contributed by atoms with E-state index >= 15 is 0 Å². The minimum absolute atomic E-state index is 0.0331. The average Bonchev–Trinajstić information content (AvgIpc) is 2.23. The average molecular weight is 261 g/mol. The molecule has 0 amide bonds. The Balaban J connectivity index is 2.66. The molecule has 0 bridgehead atoms. The molecular formula is C11H16FNO3S. The summed E-state index contributed by atoms with van der Waals surface area (Å²) in [5, 5.41) is 8.55. The Bertz CT molecular complexity index is 474. The topological polar surface area (TPSA) is 66.4 Å². The van der Waals surface area contributed by atoms with Crippen molar-refractivity contribution in [2.45, 2.75) is 19.8 Å². The zero-order valence-corrected chi connectivity index (χ0v) is 10.4. The Labute approximate surface area is 101 Å². The number of halogens is 1. The van der Waals surface area contributed by atoms with E-state index in [4.69, 9.17) is 5.11 Å². The fourth-order valence-electron chi connectivity index (χ4n) is 1.29. The Morgan fingerprint density at radius 1 is 1.35 bits per heavy atom. The second kappa shape index (κ2) is 5.97. The lowest BCUT2D eigenvalue weighted by Crippen LogP contribution is -2.17. The first kappa shape index (κ1) is 13.9. The van der Waals surface area contributed by atoms with Crippen LogP contribution in [0, 0.1) is 12.7 Å². The molecule has 0 atom stereocenters. The van der Waals surface area contributed by atoms with E-state index in [0.717, 1.165) is 6.07 Å². The van der Waals surface area contributed by atoms with Gasteiger partial charge in [0.05, 0.1) is 11.4 Å². The van der Waals surface area contributed by atoms with Gasteiger partial charge in [0.25, 0.3) is 0 Å². The minimum Gasteiger partial charge on any atom is -0.396 e. The molecule has 0 heterocycles. The van der Waals surface area contributed by atoms with Crippen molar-refractivity contribution in [2.24, 2.45) is 0 Å². The number of hydrogen-bond acceptors (Lipinski definition) is 3. The first-order valence-corrected chi connectivity index (χ1v) is 6.97. The van der Waals surface area contributed by atoms with Gasteiger partial charge in [-0.25, -0.2) is 12.8 Å². The van der Waals surface area contributed by atoms with E-state index < -0.39 is 15.8 Å². The van der Waals surface area contributed by atoms with Crippen LogP contribution in [-0.2, 0) is 10.0 Å². The molecule has 0 fully saturated rings. The van der Waals surface area contributed by atoms with E-state index in [1.165, 1.54) is 12.1 Å². The van der Waals surface area contributed by atoms with Gasteiger partial charge in [0, 0.05) is 6.61 Å². The number of benzene rings is 1. The summed E-state index contributed by atoms with van der Waals surface area (Å²) < 4.78 is 38.6. The van der Waals surface area contributed by atoms with E-state index in [-0.39, 0.29) is 18.0 Å². The summed E-state index contributed by atoms with van der Waals surface area (Å²) in [5.74, 6) is -0.524. The van der Waals surface area contributed by atoms with Gasteiger partial charge in [-0.1, -0.05) is 6.07 Å². The SMILES string of the molecule is Cc1ccc(NS(=O)(=O)CCCCO)cc1F. The standard InChI is InChI=1S/C11H16FNO3S/c1-9-4-5-10(8-11(9)12)13-17(15,16)7-3-2-6-14/h4-5,8,13-14H,2-3,6-7H2,1H3. The third-order valence-electron chi connectivity index (χ3n) is 2.27. The van der Waals surface area contributed by atoms with Gasteiger partial charge in [-0.15, -0.1) is 0 Å². The van der Waals surface area contributed by atoms with Crippen LogP contribution in [-0.4, -0.2) is 25.9 Å². The molecule has 0 aliphatic carbocycles. The molecule has 2 N–H and O–H groups in total. The van der Waals surface area contributed by atoms with Crippen LogP contribution in [0.15, 0.2) is 18.2 Å². The number of unbranched alkanes of at least 4 members (excludes halogenated alkanes) is 1. The summed E-state index contributed by atoms with van der Waals surface area (Å²) in [6.07, 6.45) is 0.809. The van der Waals surface area contributed by atoms with Crippen molar-refractivity contribution in [1.82, 2.24) is 0 Å². The molecule has 1 rings (SSSR count). The molecule has 4 nitrogen and oxygen atoms in total. The number of rotatable bonds is 6. The quantitative estimate of drug-likeness (QED) is 0.765. The fraction of sp³-hybridized carbons (Fsp3) is 0.455. The molecule has 0 spiro atoms. The van der Waals surface area contributed by atoms with Crippen molar-refractivity contribution in [3.05, 3.63) is 29.6 Å². The normalized spacial score (nSPS) is 11.5. The third kappa shape index (κ3) is 4.70. The molecular weight excluding hydrogens is 245 g/mol. The smallest absolute Gasteiger partial charge is 0.232 e. The van der Waals surface area contributed by atoms with Gasteiger partial charge >= 0.3 is 0 Å². The molecule has 1 aromatic rings. The summed E-state index contributed by atoms with van der Waals surface area (Å²) in [5.41, 5.74) is 0.685. The van der Waals surface area contributed by atoms with Crippen molar-refractivity contribution in [3.8, 4) is 0 Å². The van der Waals surface area contributed by atoms with Gasteiger partial charge in [0.15, 0.2) is 0 Å². The highest BCUT2D eigenvalue weighted by atomic mass is 32.2. The summed E-state index contributed by atoms with van der Waals surface area (Å²) >= 11 is 0. The van der Waals surface area contributed by atoms with E-state index in [1.807, 2.05) is 0 Å². The second-order valence-corrected chi connectivity index (χ2v) is 5.66. The predicted molar refractivity (Wildman–Crippen MR) is 64.9 cm³/mol. The fourth-order valence-corrected chi connectivity index (χ4v) is 2.46. The largest absolute Gasteiger partial charge is 0.396 e. The van der Waals surface area contributed by atoms with Crippen molar-refractivity contribution in [1.29, 1.82) is 0 Å². The zero-order chi connectivity index (χ0) is 12.9. The molecule has 96 valence electrons. The lowest BCUT2D eigenvalue weighted by molar-refractivity contribution is 0.287. The van der Waals surface area contributed by atoms with Crippen LogP contribution in [0.25, 0.3) is 0 Å². The maximum Gasteiger partial charge on any atom is 0.232 e. The Hall–Kier alpha value is -1.14. The van der Waals surface area contributed by atoms with Crippen LogP contribution in [0.4, 0.5) is 10.1 Å². The van der Waals surface area contributed by atoms with Gasteiger partial charge in [0.1, 0.15) is 5.82 Å². The second-order valence-electron chi connectivity index (χ2n) is 3.82. The lowest BCUT2D eigenvalue weighted by atomic mass is 10.2. The van der Waals surface area contributed by atoms with E-state index in [9.17, 15) is 12.8 Å². The van der Waals surface area contributed by atoms with Crippen LogP contribution >= 0.6 is 0 Å². The van der Waals surface area contributed by atoms with Gasteiger partial charge in [-0.05, 0) is 37.5 Å². The maximum absolute atomic E-state index is 13.2. The van der Waals surface area contributed by atoms with Crippen molar-refractivity contribution in [3.63, 3.8) is 0 Å². The van der Waals surface area contributed by atoms with Crippen molar-refractivity contribution in [2.75, 3.05) is 17.1 Å². The summed E-state index contributed by atoms with van der Waals surface area (Å²) in [4.78, 5) is 0. The molecule has 0 radical (unpaired) electrons. The highest BCUT2D eigenvalue weighted by molar-refractivity contribution is 7.92. The van der Waals surface area contributed by atoms with E-state index in [2.05, 4.69) is 4.72 Å². The number of aliphatic hydroxyl groups is 1. The Morgan fingerprint density at radius 2 is 2.06 bits per heavy atom. The zero-order valence-electron chi connectivity index (χ0n) is 9.61. The molecule has 0 unspecified atom stereocenters. The molecule has 0 aliphatic rings. The highest BCUT2D eigenvalue weighted by Gasteiger charge is 2.10. The summed E-state index contributed by atoms with van der Waals surface area (Å²) in [6, 6.07) is 4.18. The highest BCUT2D eigenvalue weighted by Crippen LogP contribution is 2.15. The van der Waals surface area contributed by atoms with Gasteiger partial charge in [0.2, 0.25) is 10.0 Å². The van der Waals surface area contributed by atoms with Crippen molar-refractivity contribution < 1.29 is 17.9 Å². The molecule has 0 aliphatic heterocycles. The molecule has 0 aromatic heterocycles. The Morgan fingerprint density at radius 3 is 2.65 bits per heavy atom. The Kier molecular flexibility index (Phi) is 4.89. The number of aryl methyl sites for hydroxylation is 1. The predicted octanol–water partition coefficient (Wildman–Crippen LogP) is 1.65. The number of nitrogens with one attached hydrogen (secondary N) is 1. The van der Waals surface area contributed by atoms with E-state index in [1.54, 1.807) is 6.92 Å². The number of anilines is 1. The van der Waals surface area contributed by atoms with Crippen LogP contribution in [0.1, 0.15) is 18.4 Å². The summed E-state index contributed by atoms with van der Waals surface area (Å²) in [7, 11) is -3.46. The number of aliphatic hydroxyl groups excluding tert-OH is 1. The first-order valence-electron chi connectivity index (χ1n) is 5.32. The minimum atomic E-state index is -3.46. The third-order valence-corrected chi connectivity index (χ3v) is 3.64. The molecule has 1 aromatic carbocycles. The number of sulfonamides is 1. The van der Waals surface area contributed by atoms with Crippen LogP contribution < -0.4 is 4.72 Å². The first-order chi connectivity index (χ1) is 7.94. The van der Waals surface area contributed by atoms with E-state index in [0.29, 0.717) is 18.4 Å². The van der Waals surface area contributed by atoms with Crippen molar-refractivity contribution >= 4 is 15.7 Å². The molecule has 0 saturated carbocycles. The van der Waals surface area contributed by atoms with Crippen LogP contribution in [0.3, 0.4) is 0 Å². The lowest BCUT2D eigenvalue weighted by Gasteiger charge is -2.08. The maximum atomic E-state index is 13.2. The van der Waals surface area contributed by atoms with Gasteiger partial charge in [-0.3, -0.25) is 4.72 Å². The molecule has 0 saturated heterocycles. The molecule has 17 heavy (non-hydrogen) atoms. The summed E-state index contributed by atoms with van der Waals surface area (Å²) in [6.45, 7) is 1.57. The number of hydrogen-bond donors (Lipinski definition) is 2. The molecule has 6 heteroatoms. The van der Waals surface area contributed by atoms with Crippen LogP contribution in [0.2, 0.25) is 0 Å². The van der Waals surface area contributed by atoms with Crippen LogP contribution in [0.5, 0.6) is 0 Å². The van der Waals surface area contributed by atoms with Gasteiger partial charge < -0.3 is 5.11 Å². The van der Waals surface area contributed by atoms with Gasteiger partial charge in [-0.2, -0.15) is 0 Å².